The summed E-state index contributed by atoms with van der Waals surface area (Å²) in [5.41, 5.74) is 2.84. The molecule has 5 aromatic rings. The molecule has 0 saturated heterocycles. The fourth-order valence-corrected chi connectivity index (χ4v) is 6.71. The minimum atomic E-state index is -1.40. The number of carbonyl (C=O) groups excluding carboxylic acids is 1. The molecule has 0 bridgehead atoms. The van der Waals surface area contributed by atoms with Crippen LogP contribution in [0, 0.1) is 24.0 Å². The van der Waals surface area contributed by atoms with Crippen molar-refractivity contribution in [1.82, 2.24) is 9.38 Å². The van der Waals surface area contributed by atoms with Gasteiger partial charge in [0, 0.05) is 43.2 Å². The third-order valence-corrected chi connectivity index (χ3v) is 11.8. The monoisotopic (exact) mass is 760 g/mol. The fraction of sp³-hybridized carbons (Fsp3) is 0.444. The van der Waals surface area contributed by atoms with Gasteiger partial charge in [-0.15, -0.1) is 17.0 Å². The van der Waals surface area contributed by atoms with E-state index in [4.69, 9.17) is 4.98 Å². The zero-order valence-electron chi connectivity index (χ0n) is 27.0. The van der Waals surface area contributed by atoms with Crippen molar-refractivity contribution in [2.75, 3.05) is 0 Å². The molecule has 6 heteroatoms. The molecule has 3 heterocycles. The van der Waals surface area contributed by atoms with Gasteiger partial charge in [-0.05, 0) is 53.3 Å². The number of aryl methyl sites for hydroxylation is 1. The quantitative estimate of drug-likeness (QED) is 0.0429. The zero-order chi connectivity index (χ0) is 30.3. The van der Waals surface area contributed by atoms with Crippen LogP contribution in [0.15, 0.2) is 54.4 Å². The third kappa shape index (κ3) is 5.96. The van der Waals surface area contributed by atoms with Crippen LogP contribution in [-0.2, 0) is 24.9 Å². The summed E-state index contributed by atoms with van der Waals surface area (Å²) in [4.78, 5) is 16.9. The van der Waals surface area contributed by atoms with Gasteiger partial charge in [-0.25, -0.2) is 0 Å². The van der Waals surface area contributed by atoms with Gasteiger partial charge in [0.1, 0.15) is 5.76 Å². The molecular formula is C36H47IrN2O2Si-. The first-order valence-electron chi connectivity index (χ1n) is 15.2. The Morgan fingerprint density at radius 3 is 2.12 bits per heavy atom. The number of pyridine rings is 2. The molecule has 42 heavy (non-hydrogen) atoms. The normalized spacial score (nSPS) is 13.0. The van der Waals surface area contributed by atoms with Crippen molar-refractivity contribution in [3.05, 3.63) is 66.2 Å². The molecule has 0 amide bonds. The molecule has 0 aliphatic heterocycles. The molecule has 0 fully saturated rings. The fourth-order valence-electron chi connectivity index (χ4n) is 5.54. The number of benzene rings is 2. The summed E-state index contributed by atoms with van der Waals surface area (Å²) in [5, 5.41) is 18.1. The number of para-hydroxylation sites is 1. The van der Waals surface area contributed by atoms with Gasteiger partial charge in [0.15, 0.2) is 5.78 Å². The summed E-state index contributed by atoms with van der Waals surface area (Å²) in [6, 6.07) is 13.5. The van der Waals surface area contributed by atoms with E-state index in [1.807, 2.05) is 47.7 Å². The molecule has 227 valence electrons. The molecule has 0 aliphatic rings. The summed E-state index contributed by atoms with van der Waals surface area (Å²) in [5.74, 6) is 0.286. The number of carbonyl (C=O) groups is 1. The SMILES string of the molecule is CCC(C)(CC)C(=O)/C=C(\O)C(C)(CC)CC.Cc1[c-]n2c3nccc4cc([Si](C)(C)C)cc(c5cccc1c52)c43.[Ir]. The van der Waals surface area contributed by atoms with Crippen molar-refractivity contribution in [2.45, 2.75) is 93.8 Å². The molecule has 1 N–H and O–H groups in total. The maximum absolute atomic E-state index is 12.2. The standard InChI is InChI=1S/C21H19N2Si.C15H28O2.Ir/c1-13-12-23-20-16(13)6-5-7-17(20)18-11-15(24(2,3)4)10-14-8-9-22-21(23)19(14)18;1-7-14(5,8-2)12(16)11-13(17)15(6,9-3)10-4;/h5-11H,1-4H3;11,16H,7-10H2,1-6H3;/q-1;;/b;12-11-;. The third-order valence-electron chi connectivity index (χ3n) is 9.76. The van der Waals surface area contributed by atoms with Crippen molar-refractivity contribution in [1.29, 1.82) is 0 Å². The summed E-state index contributed by atoms with van der Waals surface area (Å²) >= 11 is 0. The number of ketones is 1. The van der Waals surface area contributed by atoms with Gasteiger partial charge in [0.05, 0.1) is 13.7 Å². The molecule has 3 aromatic heterocycles. The molecule has 0 unspecified atom stereocenters. The number of fused-ring (bicyclic) bond motifs is 2. The number of hydrogen-bond donors (Lipinski definition) is 1. The zero-order valence-corrected chi connectivity index (χ0v) is 30.4. The maximum Gasteiger partial charge on any atom is 0.164 e. The van der Waals surface area contributed by atoms with E-state index in [1.165, 1.54) is 49.3 Å². The molecule has 0 saturated carbocycles. The Bertz CT molecular complexity index is 1740. The van der Waals surface area contributed by atoms with Crippen molar-refractivity contribution < 1.29 is 30.0 Å². The number of aromatic nitrogens is 2. The van der Waals surface area contributed by atoms with Crippen LogP contribution in [0.4, 0.5) is 0 Å². The topological polar surface area (TPSA) is 54.6 Å². The number of allylic oxidation sites excluding steroid dienone is 2. The van der Waals surface area contributed by atoms with Crippen LogP contribution in [-0.4, -0.2) is 28.3 Å². The molecule has 2 aromatic carbocycles. The van der Waals surface area contributed by atoms with E-state index < -0.39 is 8.07 Å². The van der Waals surface area contributed by atoms with E-state index in [-0.39, 0.29) is 42.5 Å². The van der Waals surface area contributed by atoms with Crippen LogP contribution in [0.25, 0.3) is 38.1 Å². The van der Waals surface area contributed by atoms with Crippen molar-refractivity contribution in [3.63, 3.8) is 0 Å². The van der Waals surface area contributed by atoms with E-state index in [9.17, 15) is 9.90 Å². The van der Waals surface area contributed by atoms with Gasteiger partial charge in [0.25, 0.3) is 0 Å². The first kappa shape index (κ1) is 34.0. The Balaban J connectivity index is 0.000000242. The minimum absolute atomic E-state index is 0. The van der Waals surface area contributed by atoms with Gasteiger partial charge in [-0.3, -0.25) is 9.78 Å². The predicted octanol–water partition coefficient (Wildman–Crippen LogP) is 9.53. The molecular weight excluding hydrogens is 713 g/mol. The summed E-state index contributed by atoms with van der Waals surface area (Å²) in [7, 11) is -1.40. The Labute approximate surface area is 266 Å². The predicted molar refractivity (Wildman–Crippen MR) is 179 cm³/mol. The summed E-state index contributed by atoms with van der Waals surface area (Å²) in [6.07, 6.45) is 10.2. The van der Waals surface area contributed by atoms with Crippen molar-refractivity contribution in [3.8, 4) is 0 Å². The van der Waals surface area contributed by atoms with Crippen LogP contribution in [0.2, 0.25) is 19.6 Å². The molecule has 4 nitrogen and oxygen atoms in total. The Morgan fingerprint density at radius 2 is 1.55 bits per heavy atom. The number of rotatable bonds is 8. The van der Waals surface area contributed by atoms with Gasteiger partial charge >= 0.3 is 0 Å². The Kier molecular flexibility index (Phi) is 10.2. The van der Waals surface area contributed by atoms with Crippen LogP contribution >= 0.6 is 0 Å². The van der Waals surface area contributed by atoms with Gasteiger partial charge in [-0.1, -0.05) is 109 Å². The van der Waals surface area contributed by atoms with E-state index in [1.54, 1.807) is 0 Å². The van der Waals surface area contributed by atoms with E-state index in [0.717, 1.165) is 31.3 Å². The Morgan fingerprint density at radius 1 is 0.952 bits per heavy atom. The maximum atomic E-state index is 12.2. The largest absolute Gasteiger partial charge is 0.512 e. The van der Waals surface area contributed by atoms with E-state index >= 15 is 0 Å². The second-order valence-corrected chi connectivity index (χ2v) is 18.3. The second kappa shape index (κ2) is 12.6. The molecule has 0 atom stereocenters. The van der Waals surface area contributed by atoms with Crippen LogP contribution in [0.1, 0.15) is 72.8 Å². The number of hydrogen-bond acceptors (Lipinski definition) is 3. The average molecular weight is 760 g/mol. The van der Waals surface area contributed by atoms with Gasteiger partial charge in [-0.2, -0.15) is 0 Å². The van der Waals surface area contributed by atoms with Crippen LogP contribution in [0.3, 0.4) is 0 Å². The summed E-state index contributed by atoms with van der Waals surface area (Å²) < 4.78 is 2.16. The first-order chi connectivity index (χ1) is 19.2. The first-order valence-corrected chi connectivity index (χ1v) is 18.7. The van der Waals surface area contributed by atoms with Crippen LogP contribution in [0.5, 0.6) is 0 Å². The smallest absolute Gasteiger partial charge is 0.164 e. The molecule has 1 radical (unpaired) electrons. The van der Waals surface area contributed by atoms with Crippen LogP contribution < -0.4 is 5.19 Å². The number of nitrogens with zero attached hydrogens (tertiary/aromatic N) is 2. The average Bonchev–Trinajstić information content (AvgIpc) is 3.31. The molecule has 0 spiro atoms. The van der Waals surface area contributed by atoms with E-state index in [2.05, 4.69) is 73.6 Å². The molecule has 5 rings (SSSR count). The number of aliphatic hydroxyl groups excluding tert-OH is 1. The Hall–Kier alpha value is -2.53. The van der Waals surface area contributed by atoms with E-state index in [0.29, 0.717) is 0 Å². The minimum Gasteiger partial charge on any atom is -0.512 e. The summed E-state index contributed by atoms with van der Waals surface area (Å²) in [6.45, 7) is 21.4. The van der Waals surface area contributed by atoms with Gasteiger partial charge in [0.2, 0.25) is 0 Å². The molecule has 0 aliphatic carbocycles. The second-order valence-electron chi connectivity index (χ2n) is 13.2. The van der Waals surface area contributed by atoms with Gasteiger partial charge < -0.3 is 9.51 Å². The van der Waals surface area contributed by atoms with Crippen molar-refractivity contribution >= 4 is 57.1 Å². The number of aliphatic hydroxyl groups is 1. The van der Waals surface area contributed by atoms with Crippen molar-refractivity contribution in [2.24, 2.45) is 10.8 Å².